The number of hydrogen-bond acceptors (Lipinski definition) is 1. The van der Waals surface area contributed by atoms with Gasteiger partial charge in [-0.25, -0.2) is 0 Å². The van der Waals surface area contributed by atoms with E-state index in [1.54, 1.807) is 0 Å². The van der Waals surface area contributed by atoms with Crippen LogP contribution < -0.4 is 4.90 Å². The topological polar surface area (TPSA) is 8.17 Å². The Kier molecular flexibility index (Phi) is 9.25. The van der Waals surface area contributed by atoms with Gasteiger partial charge in [-0.15, -0.1) is 0 Å². The molecule has 1 aromatic heterocycles. The maximum Gasteiger partial charge on any atom is 0.0713 e. The van der Waals surface area contributed by atoms with Crippen molar-refractivity contribution in [1.82, 2.24) is 4.57 Å². The zero-order chi connectivity index (χ0) is 44.3. The molecule has 0 amide bonds. The number of anilines is 2. The Labute approximate surface area is 391 Å². The van der Waals surface area contributed by atoms with E-state index < -0.39 is 5.41 Å². The van der Waals surface area contributed by atoms with Gasteiger partial charge < -0.3 is 9.47 Å². The number of para-hydroxylation sites is 1. The molecule has 2 nitrogen and oxygen atoms in total. The second kappa shape index (κ2) is 15.9. The van der Waals surface area contributed by atoms with Gasteiger partial charge in [0.25, 0.3) is 0 Å². The van der Waals surface area contributed by atoms with Gasteiger partial charge in [-0.2, -0.15) is 0 Å². The molecule has 1 atom stereocenters. The summed E-state index contributed by atoms with van der Waals surface area (Å²) in [5, 5.41) is 5.00. The Hall–Kier alpha value is -8.46. The minimum Gasteiger partial charge on any atom is -0.334 e. The van der Waals surface area contributed by atoms with Gasteiger partial charge in [0.15, 0.2) is 0 Å². The standard InChI is InChI=1S/C65H46N2/c1-4-22-50(23-5-1)65(51-24-6-2-7-25-51)60-31-14-12-29-56(60)58-44-54(39-40-61(58)65)67-63-32-15-13-30-57(63)59-43-49(36-41-64(59)67)48-21-16-20-47(42-48)45-34-37-53(38-35-45)66(52-26-8-3-9-27-52)62-33-17-19-46-18-10-11-28-55(46)62/h1-26,28-44,52H,27H2. The van der Waals surface area contributed by atoms with Crippen LogP contribution in [0.3, 0.4) is 0 Å². The molecular formula is C65H46N2. The van der Waals surface area contributed by atoms with Crippen molar-refractivity contribution in [3.8, 4) is 39.1 Å². The first-order valence-electron chi connectivity index (χ1n) is 23.4. The van der Waals surface area contributed by atoms with E-state index in [0.717, 1.165) is 12.1 Å². The number of allylic oxidation sites excluding steroid dienone is 2. The van der Waals surface area contributed by atoms with Gasteiger partial charge in [0, 0.05) is 33.2 Å². The molecule has 0 bridgehead atoms. The second-order valence-electron chi connectivity index (χ2n) is 18.0. The van der Waals surface area contributed by atoms with Crippen LogP contribution in [0.4, 0.5) is 11.4 Å². The zero-order valence-electron chi connectivity index (χ0n) is 37.0. The van der Waals surface area contributed by atoms with Crippen molar-refractivity contribution in [3.05, 3.63) is 283 Å². The predicted molar refractivity (Wildman–Crippen MR) is 282 cm³/mol. The summed E-state index contributed by atoms with van der Waals surface area (Å²) in [6.45, 7) is 0. The van der Waals surface area contributed by atoms with Crippen LogP contribution in [0.25, 0.3) is 71.6 Å². The first kappa shape index (κ1) is 39.0. The quantitative estimate of drug-likeness (QED) is 0.148. The summed E-state index contributed by atoms with van der Waals surface area (Å²) in [5.74, 6) is 0. The lowest BCUT2D eigenvalue weighted by Gasteiger charge is -2.33. The average Bonchev–Trinajstić information content (AvgIpc) is 3.90. The van der Waals surface area contributed by atoms with Crippen LogP contribution in [0.15, 0.2) is 261 Å². The molecule has 13 rings (SSSR count). The zero-order valence-corrected chi connectivity index (χ0v) is 37.0. The normalized spacial score (nSPS) is 14.7. The van der Waals surface area contributed by atoms with Crippen molar-refractivity contribution < 1.29 is 0 Å². The molecule has 11 aromatic rings. The summed E-state index contributed by atoms with van der Waals surface area (Å²) in [6, 6.07) is 87.9. The highest BCUT2D eigenvalue weighted by Gasteiger charge is 2.46. The Morgan fingerprint density at radius 1 is 0.418 bits per heavy atom. The molecule has 0 spiro atoms. The van der Waals surface area contributed by atoms with E-state index in [2.05, 4.69) is 270 Å². The summed E-state index contributed by atoms with van der Waals surface area (Å²) < 4.78 is 2.46. The van der Waals surface area contributed by atoms with Crippen molar-refractivity contribution in [1.29, 1.82) is 0 Å². The fourth-order valence-electron chi connectivity index (χ4n) is 11.4. The third-order valence-corrected chi connectivity index (χ3v) is 14.4. The smallest absolute Gasteiger partial charge is 0.0713 e. The molecule has 2 aliphatic rings. The number of hydrogen-bond donors (Lipinski definition) is 0. The van der Waals surface area contributed by atoms with Crippen molar-refractivity contribution in [2.75, 3.05) is 4.90 Å². The molecular weight excluding hydrogens is 809 g/mol. The summed E-state index contributed by atoms with van der Waals surface area (Å²) in [5.41, 5.74) is 18.1. The SMILES string of the molecule is C1=CCC(N(c2ccc(-c3cccc(-c4ccc5c(c4)c4ccccc4n5-c4ccc5c(c4)-c4ccccc4C5(c4ccccc4)c4ccccc4)c3)cc2)c2cccc3ccccc23)C=C1. The third-order valence-electron chi connectivity index (χ3n) is 14.4. The second-order valence-corrected chi connectivity index (χ2v) is 18.0. The molecule has 2 heteroatoms. The maximum absolute atomic E-state index is 2.50. The maximum atomic E-state index is 2.50. The number of nitrogens with zero attached hydrogens (tertiary/aromatic N) is 2. The lowest BCUT2D eigenvalue weighted by atomic mass is 9.68. The van der Waals surface area contributed by atoms with Gasteiger partial charge in [0.1, 0.15) is 0 Å². The Morgan fingerprint density at radius 2 is 1.04 bits per heavy atom. The Bertz CT molecular complexity index is 3680. The number of benzene rings is 10. The molecule has 0 aliphatic heterocycles. The Balaban J connectivity index is 0.884. The molecule has 1 unspecified atom stereocenters. The Morgan fingerprint density at radius 3 is 1.84 bits per heavy atom. The predicted octanol–water partition coefficient (Wildman–Crippen LogP) is 16.7. The third kappa shape index (κ3) is 6.25. The highest BCUT2D eigenvalue weighted by Crippen LogP contribution is 2.56. The van der Waals surface area contributed by atoms with Crippen molar-refractivity contribution >= 4 is 44.0 Å². The summed E-state index contributed by atoms with van der Waals surface area (Å²) in [7, 11) is 0. The van der Waals surface area contributed by atoms with Crippen molar-refractivity contribution in [2.24, 2.45) is 0 Å². The van der Waals surface area contributed by atoms with Crippen LogP contribution in [0, 0.1) is 0 Å². The highest BCUT2D eigenvalue weighted by molar-refractivity contribution is 6.10. The highest BCUT2D eigenvalue weighted by atomic mass is 15.2. The monoisotopic (exact) mass is 854 g/mol. The van der Waals surface area contributed by atoms with E-state index in [1.165, 1.54) is 99.6 Å². The van der Waals surface area contributed by atoms with Crippen LogP contribution in [0.1, 0.15) is 28.7 Å². The number of rotatable bonds is 8. The van der Waals surface area contributed by atoms with E-state index in [-0.39, 0.29) is 6.04 Å². The first-order valence-corrected chi connectivity index (χ1v) is 23.4. The van der Waals surface area contributed by atoms with E-state index >= 15 is 0 Å². The van der Waals surface area contributed by atoms with Gasteiger partial charge in [0.2, 0.25) is 0 Å². The van der Waals surface area contributed by atoms with E-state index in [9.17, 15) is 0 Å². The minimum atomic E-state index is -0.429. The lowest BCUT2D eigenvalue weighted by Crippen LogP contribution is -2.29. The van der Waals surface area contributed by atoms with Gasteiger partial charge in [0.05, 0.1) is 22.5 Å². The molecule has 316 valence electrons. The molecule has 0 N–H and O–H groups in total. The molecule has 0 radical (unpaired) electrons. The van der Waals surface area contributed by atoms with Crippen LogP contribution in [-0.2, 0) is 5.41 Å². The average molecular weight is 855 g/mol. The largest absolute Gasteiger partial charge is 0.334 e. The number of aromatic nitrogens is 1. The van der Waals surface area contributed by atoms with Crippen molar-refractivity contribution in [2.45, 2.75) is 17.9 Å². The van der Waals surface area contributed by atoms with E-state index in [0.29, 0.717) is 0 Å². The van der Waals surface area contributed by atoms with Gasteiger partial charge in [-0.05, 0) is 122 Å². The molecule has 2 aliphatic carbocycles. The first-order chi connectivity index (χ1) is 33.2. The molecule has 10 aromatic carbocycles. The summed E-state index contributed by atoms with van der Waals surface area (Å²) in [4.78, 5) is 2.50. The molecule has 1 heterocycles. The number of fused-ring (bicyclic) bond motifs is 7. The fraction of sp³-hybridized carbons (Fsp3) is 0.0462. The lowest BCUT2D eigenvalue weighted by molar-refractivity contribution is 0.768. The summed E-state index contributed by atoms with van der Waals surface area (Å²) >= 11 is 0. The van der Waals surface area contributed by atoms with Crippen LogP contribution in [0.2, 0.25) is 0 Å². The van der Waals surface area contributed by atoms with Gasteiger partial charge in [-0.3, -0.25) is 0 Å². The van der Waals surface area contributed by atoms with E-state index in [4.69, 9.17) is 0 Å². The van der Waals surface area contributed by atoms with Crippen LogP contribution in [0.5, 0.6) is 0 Å². The minimum absolute atomic E-state index is 0.226. The van der Waals surface area contributed by atoms with Crippen LogP contribution >= 0.6 is 0 Å². The fourth-order valence-corrected chi connectivity index (χ4v) is 11.4. The van der Waals surface area contributed by atoms with Gasteiger partial charge >= 0.3 is 0 Å². The van der Waals surface area contributed by atoms with Crippen molar-refractivity contribution in [3.63, 3.8) is 0 Å². The molecule has 0 saturated heterocycles. The molecule has 0 fully saturated rings. The van der Waals surface area contributed by atoms with Gasteiger partial charge in [-0.1, -0.05) is 206 Å². The van der Waals surface area contributed by atoms with Crippen LogP contribution in [-0.4, -0.2) is 10.6 Å². The summed E-state index contributed by atoms with van der Waals surface area (Å²) in [6.07, 6.45) is 9.87. The molecule has 0 saturated carbocycles. The van der Waals surface area contributed by atoms with E-state index in [1.807, 2.05) is 0 Å². The molecule has 67 heavy (non-hydrogen) atoms.